The van der Waals surface area contributed by atoms with E-state index in [2.05, 4.69) is 59.6 Å². The summed E-state index contributed by atoms with van der Waals surface area (Å²) in [5, 5.41) is 8.14. The Balaban J connectivity index is 0.00000256. The van der Waals surface area contributed by atoms with Crippen molar-refractivity contribution in [3.05, 3.63) is 34.9 Å². The van der Waals surface area contributed by atoms with Crippen LogP contribution in [0.2, 0.25) is 5.02 Å². The number of piperidine rings is 1. The number of nitrogens with zero attached hydrogens (tertiary/aromatic N) is 2. The molecule has 5 unspecified atom stereocenters. The van der Waals surface area contributed by atoms with E-state index >= 15 is 0 Å². The first-order valence-corrected chi connectivity index (χ1v) is 11.3. The van der Waals surface area contributed by atoms with Crippen LogP contribution < -0.4 is 10.6 Å². The predicted molar refractivity (Wildman–Crippen MR) is 135 cm³/mol. The molecule has 168 valence electrons. The Kier molecular flexibility index (Phi) is 7.96. The Morgan fingerprint density at radius 2 is 2.13 bits per heavy atom. The highest BCUT2D eigenvalue weighted by Crippen LogP contribution is 2.52. The molecule has 0 bridgehead atoms. The van der Waals surface area contributed by atoms with E-state index < -0.39 is 0 Å². The van der Waals surface area contributed by atoms with Crippen LogP contribution in [0.25, 0.3) is 0 Å². The molecule has 0 spiro atoms. The molecule has 30 heavy (non-hydrogen) atoms. The fourth-order valence-corrected chi connectivity index (χ4v) is 6.08. The molecule has 1 aromatic carbocycles. The summed E-state index contributed by atoms with van der Waals surface area (Å²) in [7, 11) is 4.09. The molecule has 3 aliphatic rings. The van der Waals surface area contributed by atoms with Crippen LogP contribution in [0, 0.1) is 17.3 Å². The summed E-state index contributed by atoms with van der Waals surface area (Å²) >= 11 is 6.29. The van der Waals surface area contributed by atoms with Crippen LogP contribution in [0.1, 0.15) is 44.7 Å². The van der Waals surface area contributed by atoms with Crippen LogP contribution in [0.4, 0.5) is 0 Å². The number of hydrogen-bond donors (Lipinski definition) is 2. The van der Waals surface area contributed by atoms with E-state index in [1.807, 2.05) is 13.1 Å². The average Bonchev–Trinajstić information content (AvgIpc) is 3.15. The minimum absolute atomic E-state index is 0. The van der Waals surface area contributed by atoms with E-state index in [4.69, 9.17) is 16.3 Å². The lowest BCUT2D eigenvalue weighted by Gasteiger charge is -2.55. The highest BCUT2D eigenvalue weighted by Gasteiger charge is 2.59. The second-order valence-electron chi connectivity index (χ2n) is 9.52. The summed E-state index contributed by atoms with van der Waals surface area (Å²) in [4.78, 5) is 6.99. The molecule has 7 heteroatoms. The maximum atomic E-state index is 6.29. The number of ether oxygens (including phenoxy) is 1. The minimum Gasteiger partial charge on any atom is -0.377 e. The number of aliphatic imine (C=N–C) groups is 1. The van der Waals surface area contributed by atoms with Gasteiger partial charge in [0.1, 0.15) is 0 Å². The lowest BCUT2D eigenvalue weighted by Crippen LogP contribution is -2.68. The van der Waals surface area contributed by atoms with Gasteiger partial charge >= 0.3 is 0 Å². The van der Waals surface area contributed by atoms with Crippen LogP contribution in [-0.4, -0.2) is 56.8 Å². The lowest BCUT2D eigenvalue weighted by molar-refractivity contribution is -0.106. The Bertz CT molecular complexity index is 758. The molecule has 3 fully saturated rings. The third-order valence-corrected chi connectivity index (χ3v) is 7.58. The van der Waals surface area contributed by atoms with Gasteiger partial charge in [0.2, 0.25) is 0 Å². The number of hydrogen-bond acceptors (Lipinski definition) is 3. The Morgan fingerprint density at radius 3 is 2.87 bits per heavy atom. The molecule has 2 saturated heterocycles. The fourth-order valence-electron chi connectivity index (χ4n) is 5.88. The second-order valence-corrected chi connectivity index (χ2v) is 9.96. The van der Waals surface area contributed by atoms with Crippen LogP contribution in [-0.2, 0) is 4.74 Å². The molecular formula is C23H36ClIN4O. The van der Waals surface area contributed by atoms with Crippen molar-refractivity contribution in [1.82, 2.24) is 15.5 Å². The Hall–Kier alpha value is -0.570. The van der Waals surface area contributed by atoms with Gasteiger partial charge in [0.15, 0.2) is 5.96 Å². The third kappa shape index (κ3) is 4.62. The largest absolute Gasteiger partial charge is 0.377 e. The number of halogens is 2. The molecule has 1 aromatic rings. The number of rotatable bonds is 4. The van der Waals surface area contributed by atoms with E-state index in [1.165, 1.54) is 18.4 Å². The summed E-state index contributed by atoms with van der Waals surface area (Å²) < 4.78 is 5.94. The number of likely N-dealkylation sites (tertiary alicyclic amines) is 1. The van der Waals surface area contributed by atoms with E-state index in [9.17, 15) is 0 Å². The molecule has 5 nitrogen and oxygen atoms in total. The Morgan fingerprint density at radius 1 is 1.33 bits per heavy atom. The first-order chi connectivity index (χ1) is 13.9. The van der Waals surface area contributed by atoms with Gasteiger partial charge in [-0.15, -0.1) is 24.0 Å². The van der Waals surface area contributed by atoms with Gasteiger partial charge in [-0.05, 0) is 56.5 Å². The zero-order valence-corrected chi connectivity index (χ0v) is 21.6. The summed E-state index contributed by atoms with van der Waals surface area (Å²) in [6.45, 7) is 7.52. The van der Waals surface area contributed by atoms with Crippen molar-refractivity contribution in [2.75, 3.05) is 33.8 Å². The third-order valence-electron chi connectivity index (χ3n) is 7.35. The van der Waals surface area contributed by atoms with Gasteiger partial charge in [-0.1, -0.05) is 37.6 Å². The molecule has 2 heterocycles. The van der Waals surface area contributed by atoms with Crippen molar-refractivity contribution in [1.29, 1.82) is 0 Å². The maximum Gasteiger partial charge on any atom is 0.191 e. The van der Waals surface area contributed by atoms with Gasteiger partial charge in [0.05, 0.1) is 6.10 Å². The molecule has 1 aliphatic carbocycles. The molecule has 4 rings (SSSR count). The van der Waals surface area contributed by atoms with Crippen LogP contribution in [0.3, 0.4) is 0 Å². The smallest absolute Gasteiger partial charge is 0.191 e. The monoisotopic (exact) mass is 546 g/mol. The van der Waals surface area contributed by atoms with E-state index in [0.717, 1.165) is 37.1 Å². The van der Waals surface area contributed by atoms with Crippen molar-refractivity contribution >= 4 is 41.5 Å². The normalized spacial score (nSPS) is 33.2. The zero-order valence-electron chi connectivity index (χ0n) is 18.5. The van der Waals surface area contributed by atoms with Gasteiger partial charge in [0, 0.05) is 48.6 Å². The second kappa shape index (κ2) is 9.92. The number of guanidine groups is 1. The van der Waals surface area contributed by atoms with Crippen molar-refractivity contribution in [2.24, 2.45) is 22.2 Å². The molecular weight excluding hydrogens is 511 g/mol. The quantitative estimate of drug-likeness (QED) is 0.336. The topological polar surface area (TPSA) is 48.9 Å². The lowest BCUT2D eigenvalue weighted by atomic mass is 9.57. The van der Waals surface area contributed by atoms with Gasteiger partial charge in [-0.2, -0.15) is 0 Å². The number of nitrogens with one attached hydrogen (secondary N) is 2. The van der Waals surface area contributed by atoms with Crippen molar-refractivity contribution in [3.63, 3.8) is 0 Å². The highest BCUT2D eigenvalue weighted by atomic mass is 127. The molecule has 0 amide bonds. The van der Waals surface area contributed by atoms with Gasteiger partial charge < -0.3 is 15.4 Å². The van der Waals surface area contributed by atoms with E-state index in [1.54, 1.807) is 0 Å². The summed E-state index contributed by atoms with van der Waals surface area (Å²) in [6, 6.07) is 9.12. The average molecular weight is 547 g/mol. The van der Waals surface area contributed by atoms with Crippen LogP contribution in [0.15, 0.2) is 29.3 Å². The first-order valence-electron chi connectivity index (χ1n) is 11.0. The van der Waals surface area contributed by atoms with Gasteiger partial charge in [0.25, 0.3) is 0 Å². The van der Waals surface area contributed by atoms with Crippen LogP contribution in [0.5, 0.6) is 0 Å². The van der Waals surface area contributed by atoms with Crippen molar-refractivity contribution in [2.45, 2.75) is 51.3 Å². The SMILES string of the molecule is CN=C(NCC1CCCN(C)C1c1cccc(Cl)c1)NC1C2CCOC2C1(C)C.I. The zero-order chi connectivity index (χ0) is 20.6. The Labute approximate surface area is 203 Å². The number of fused-ring (bicyclic) bond motifs is 1. The predicted octanol–water partition coefficient (Wildman–Crippen LogP) is 4.32. The minimum atomic E-state index is 0. The summed E-state index contributed by atoms with van der Waals surface area (Å²) in [6.07, 6.45) is 3.96. The van der Waals surface area contributed by atoms with Gasteiger partial charge in [-0.3, -0.25) is 9.89 Å². The van der Waals surface area contributed by atoms with Crippen LogP contribution >= 0.6 is 35.6 Å². The molecule has 0 aromatic heterocycles. The molecule has 5 atom stereocenters. The van der Waals surface area contributed by atoms with E-state index in [-0.39, 0.29) is 29.4 Å². The van der Waals surface area contributed by atoms with Gasteiger partial charge in [-0.25, -0.2) is 0 Å². The number of benzene rings is 1. The molecule has 2 N–H and O–H groups in total. The molecule has 2 aliphatic heterocycles. The van der Waals surface area contributed by atoms with Crippen molar-refractivity contribution in [3.8, 4) is 0 Å². The fraction of sp³-hybridized carbons (Fsp3) is 0.696. The summed E-state index contributed by atoms with van der Waals surface area (Å²) in [5.41, 5.74) is 1.45. The maximum absolute atomic E-state index is 6.29. The highest BCUT2D eigenvalue weighted by molar-refractivity contribution is 14.0. The van der Waals surface area contributed by atoms with E-state index in [0.29, 0.717) is 30.0 Å². The molecule has 0 radical (unpaired) electrons. The molecule has 1 saturated carbocycles. The summed E-state index contributed by atoms with van der Waals surface area (Å²) in [5.74, 6) is 2.03. The first kappa shape index (κ1) is 24.1. The van der Waals surface area contributed by atoms with Crippen molar-refractivity contribution < 1.29 is 4.74 Å². The standard InChI is InChI=1S/C23H35ClN4O.HI/c1-23(2)20(18-10-12-29-21(18)23)27-22(25-3)26-14-16-8-6-11-28(4)19(16)15-7-5-9-17(24)13-15;/h5,7,9,13,16,18-21H,6,8,10-12,14H2,1-4H3,(H2,25,26,27);1H.